The monoisotopic (exact) mass is 280 g/mol. The SMILES string of the molecule is CC(C)(C)c1c(C(=O)O)nnn1CCCN1CCCC1. The predicted molar refractivity (Wildman–Crippen MR) is 76.0 cm³/mol. The first-order chi connectivity index (χ1) is 9.39. The highest BCUT2D eigenvalue weighted by atomic mass is 16.4. The van der Waals surface area contributed by atoms with E-state index in [2.05, 4.69) is 15.2 Å². The van der Waals surface area contributed by atoms with Crippen molar-refractivity contribution in [1.29, 1.82) is 0 Å². The maximum Gasteiger partial charge on any atom is 0.358 e. The second kappa shape index (κ2) is 5.91. The number of rotatable bonds is 5. The normalized spacial score (nSPS) is 16.8. The van der Waals surface area contributed by atoms with E-state index in [0.717, 1.165) is 19.5 Å². The highest BCUT2D eigenvalue weighted by Gasteiger charge is 2.28. The molecular weight excluding hydrogens is 256 g/mol. The summed E-state index contributed by atoms with van der Waals surface area (Å²) >= 11 is 0. The molecule has 20 heavy (non-hydrogen) atoms. The molecule has 1 aliphatic heterocycles. The van der Waals surface area contributed by atoms with Gasteiger partial charge in [-0.2, -0.15) is 0 Å². The van der Waals surface area contributed by atoms with Crippen LogP contribution < -0.4 is 0 Å². The summed E-state index contributed by atoms with van der Waals surface area (Å²) in [5.41, 5.74) is 0.523. The fourth-order valence-corrected chi connectivity index (χ4v) is 2.81. The van der Waals surface area contributed by atoms with Crippen molar-refractivity contribution in [1.82, 2.24) is 19.9 Å². The van der Waals surface area contributed by atoms with E-state index in [4.69, 9.17) is 0 Å². The minimum Gasteiger partial charge on any atom is -0.476 e. The van der Waals surface area contributed by atoms with Crippen LogP contribution in [0.15, 0.2) is 0 Å². The smallest absolute Gasteiger partial charge is 0.358 e. The third-order valence-electron chi connectivity index (χ3n) is 3.69. The molecule has 0 aromatic carbocycles. The van der Waals surface area contributed by atoms with Crippen molar-refractivity contribution in [3.05, 3.63) is 11.4 Å². The highest BCUT2D eigenvalue weighted by molar-refractivity contribution is 5.86. The lowest BCUT2D eigenvalue weighted by Crippen LogP contribution is -2.25. The van der Waals surface area contributed by atoms with Gasteiger partial charge in [0, 0.05) is 12.0 Å². The molecule has 0 saturated carbocycles. The van der Waals surface area contributed by atoms with Gasteiger partial charge in [-0.1, -0.05) is 26.0 Å². The van der Waals surface area contributed by atoms with Crippen LogP contribution in [0.1, 0.15) is 56.2 Å². The van der Waals surface area contributed by atoms with Crippen LogP contribution in [0.25, 0.3) is 0 Å². The van der Waals surface area contributed by atoms with Crippen LogP contribution >= 0.6 is 0 Å². The summed E-state index contributed by atoms with van der Waals surface area (Å²) in [7, 11) is 0. The van der Waals surface area contributed by atoms with Gasteiger partial charge in [-0.25, -0.2) is 9.48 Å². The molecule has 1 aliphatic rings. The molecule has 0 aliphatic carbocycles. The van der Waals surface area contributed by atoms with Crippen molar-refractivity contribution in [2.24, 2.45) is 0 Å². The van der Waals surface area contributed by atoms with E-state index >= 15 is 0 Å². The minimum atomic E-state index is -0.999. The molecule has 2 rings (SSSR count). The van der Waals surface area contributed by atoms with Crippen LogP contribution in [0, 0.1) is 0 Å². The number of carbonyl (C=O) groups is 1. The van der Waals surface area contributed by atoms with Crippen molar-refractivity contribution in [3.8, 4) is 0 Å². The molecule has 1 saturated heterocycles. The van der Waals surface area contributed by atoms with Crippen LogP contribution in [0.5, 0.6) is 0 Å². The molecule has 112 valence electrons. The molecule has 6 heteroatoms. The van der Waals surface area contributed by atoms with E-state index in [1.54, 1.807) is 4.68 Å². The molecule has 2 heterocycles. The number of carboxylic acid groups (broad SMARTS) is 1. The summed E-state index contributed by atoms with van der Waals surface area (Å²) in [6.45, 7) is 10.1. The first kappa shape index (κ1) is 15.0. The lowest BCUT2D eigenvalue weighted by Gasteiger charge is -2.21. The predicted octanol–water partition coefficient (Wildman–Crippen LogP) is 1.76. The fourth-order valence-electron chi connectivity index (χ4n) is 2.81. The molecule has 0 bridgehead atoms. The summed E-state index contributed by atoms with van der Waals surface area (Å²) in [6.07, 6.45) is 3.56. The number of aromatic carboxylic acids is 1. The van der Waals surface area contributed by atoms with Crippen LogP contribution in [-0.2, 0) is 12.0 Å². The highest BCUT2D eigenvalue weighted by Crippen LogP contribution is 2.24. The number of hydrogen-bond donors (Lipinski definition) is 1. The number of likely N-dealkylation sites (tertiary alicyclic amines) is 1. The molecule has 0 spiro atoms. The second-order valence-corrected chi connectivity index (χ2v) is 6.47. The quantitative estimate of drug-likeness (QED) is 0.890. The maximum absolute atomic E-state index is 11.2. The Kier molecular flexibility index (Phi) is 4.42. The van der Waals surface area contributed by atoms with Gasteiger partial charge in [-0.05, 0) is 38.9 Å². The molecular formula is C14H24N4O2. The number of aromatic nitrogens is 3. The molecule has 0 radical (unpaired) electrons. The van der Waals surface area contributed by atoms with Gasteiger partial charge in [0.2, 0.25) is 0 Å². The van der Waals surface area contributed by atoms with E-state index in [1.165, 1.54) is 25.9 Å². The Bertz CT molecular complexity index is 470. The Balaban J connectivity index is 2.05. The molecule has 1 fully saturated rings. The lowest BCUT2D eigenvalue weighted by atomic mass is 9.90. The Morgan fingerprint density at radius 2 is 1.90 bits per heavy atom. The summed E-state index contributed by atoms with van der Waals surface area (Å²) in [5, 5.41) is 17.1. The van der Waals surface area contributed by atoms with Crippen LogP contribution in [-0.4, -0.2) is 50.6 Å². The van der Waals surface area contributed by atoms with Gasteiger partial charge in [0.1, 0.15) is 0 Å². The van der Waals surface area contributed by atoms with Crippen LogP contribution in [0.3, 0.4) is 0 Å². The summed E-state index contributed by atoms with van der Waals surface area (Å²) in [5.74, 6) is -0.999. The average molecular weight is 280 g/mol. The first-order valence-electron chi connectivity index (χ1n) is 7.29. The summed E-state index contributed by atoms with van der Waals surface area (Å²) < 4.78 is 1.76. The number of carboxylic acids is 1. The Labute approximate surface area is 119 Å². The first-order valence-corrected chi connectivity index (χ1v) is 7.29. The number of aryl methyl sites for hydroxylation is 1. The summed E-state index contributed by atoms with van der Waals surface area (Å²) in [6, 6.07) is 0. The molecule has 6 nitrogen and oxygen atoms in total. The topological polar surface area (TPSA) is 71.2 Å². The van der Waals surface area contributed by atoms with Gasteiger partial charge in [0.15, 0.2) is 5.69 Å². The van der Waals surface area contributed by atoms with Gasteiger partial charge in [0.25, 0.3) is 0 Å². The van der Waals surface area contributed by atoms with Crippen molar-refractivity contribution in [3.63, 3.8) is 0 Å². The van der Waals surface area contributed by atoms with Gasteiger partial charge >= 0.3 is 5.97 Å². The molecule has 1 N–H and O–H groups in total. The van der Waals surface area contributed by atoms with Crippen molar-refractivity contribution in [2.45, 2.75) is 52.0 Å². The zero-order valence-corrected chi connectivity index (χ0v) is 12.6. The molecule has 1 aromatic heterocycles. The Morgan fingerprint density at radius 3 is 2.45 bits per heavy atom. The van der Waals surface area contributed by atoms with Crippen LogP contribution in [0.2, 0.25) is 0 Å². The zero-order chi connectivity index (χ0) is 14.8. The van der Waals surface area contributed by atoms with E-state index in [0.29, 0.717) is 5.69 Å². The third kappa shape index (κ3) is 3.36. The molecule has 0 amide bonds. The standard InChI is InChI=1S/C14H24N4O2/c1-14(2,3)12-11(13(19)20)15-16-18(12)10-6-9-17-7-4-5-8-17/h4-10H2,1-3H3,(H,19,20). The van der Waals surface area contributed by atoms with Gasteiger partial charge in [0.05, 0.1) is 5.69 Å². The van der Waals surface area contributed by atoms with E-state index < -0.39 is 5.97 Å². The average Bonchev–Trinajstić information content (AvgIpc) is 2.96. The molecule has 1 aromatic rings. The van der Waals surface area contributed by atoms with Gasteiger partial charge < -0.3 is 10.0 Å². The number of hydrogen-bond acceptors (Lipinski definition) is 4. The Morgan fingerprint density at radius 1 is 1.25 bits per heavy atom. The van der Waals surface area contributed by atoms with Gasteiger partial charge in [-0.15, -0.1) is 5.10 Å². The third-order valence-corrected chi connectivity index (χ3v) is 3.69. The maximum atomic E-state index is 11.2. The largest absolute Gasteiger partial charge is 0.476 e. The van der Waals surface area contributed by atoms with Crippen LogP contribution in [0.4, 0.5) is 0 Å². The lowest BCUT2D eigenvalue weighted by molar-refractivity contribution is 0.0687. The molecule has 0 unspecified atom stereocenters. The van der Waals surface area contributed by atoms with E-state index in [1.807, 2.05) is 20.8 Å². The summed E-state index contributed by atoms with van der Waals surface area (Å²) in [4.78, 5) is 13.7. The second-order valence-electron chi connectivity index (χ2n) is 6.47. The van der Waals surface area contributed by atoms with Crippen molar-refractivity contribution in [2.75, 3.05) is 19.6 Å². The van der Waals surface area contributed by atoms with E-state index in [-0.39, 0.29) is 11.1 Å². The Hall–Kier alpha value is -1.43. The fraction of sp³-hybridized carbons (Fsp3) is 0.786. The number of nitrogens with zero attached hydrogens (tertiary/aromatic N) is 4. The minimum absolute atomic E-state index is 0.0821. The van der Waals surface area contributed by atoms with Crippen molar-refractivity contribution >= 4 is 5.97 Å². The van der Waals surface area contributed by atoms with Crippen molar-refractivity contribution < 1.29 is 9.90 Å². The van der Waals surface area contributed by atoms with E-state index in [9.17, 15) is 9.90 Å². The molecule has 0 atom stereocenters. The van der Waals surface area contributed by atoms with Gasteiger partial charge in [-0.3, -0.25) is 0 Å². The zero-order valence-electron chi connectivity index (χ0n) is 12.6.